The van der Waals surface area contributed by atoms with Crippen molar-refractivity contribution in [3.05, 3.63) is 28.5 Å². The summed E-state index contributed by atoms with van der Waals surface area (Å²) in [6, 6.07) is 1.85. The summed E-state index contributed by atoms with van der Waals surface area (Å²) >= 11 is 3.29. The zero-order valence-corrected chi connectivity index (χ0v) is 9.88. The first-order chi connectivity index (χ1) is 6.39. The molecule has 0 radical (unpaired) electrons. The van der Waals surface area contributed by atoms with Crippen molar-refractivity contribution in [3.63, 3.8) is 0 Å². The van der Waals surface area contributed by atoms with Crippen LogP contribution in [0.2, 0.25) is 0 Å². The van der Waals surface area contributed by atoms with Crippen molar-refractivity contribution in [2.45, 2.75) is 32.0 Å². The Kier molecular flexibility index (Phi) is 3.61. The fraction of sp³-hybridized carbons (Fsp3) is 0.500. The second-order valence-electron chi connectivity index (χ2n) is 4.00. The van der Waals surface area contributed by atoms with Gasteiger partial charge in [-0.25, -0.2) is 4.39 Å². The Labute approximate surface area is 91.8 Å². The van der Waals surface area contributed by atoms with E-state index in [0.717, 1.165) is 10.0 Å². The Bertz CT molecular complexity index is 309. The Morgan fingerprint density at radius 1 is 1.57 bits per heavy atom. The first-order valence-corrected chi connectivity index (χ1v) is 5.21. The first kappa shape index (κ1) is 11.6. The molecule has 1 atom stereocenters. The molecule has 0 spiro atoms. The first-order valence-electron chi connectivity index (χ1n) is 4.42. The van der Waals surface area contributed by atoms with Gasteiger partial charge in [-0.1, -0.05) is 0 Å². The molecule has 1 aromatic heterocycles. The van der Waals surface area contributed by atoms with Crippen molar-refractivity contribution < 1.29 is 4.39 Å². The lowest BCUT2D eigenvalue weighted by Gasteiger charge is -2.23. The summed E-state index contributed by atoms with van der Waals surface area (Å²) in [5.41, 5.74) is 5.71. The number of pyridine rings is 1. The van der Waals surface area contributed by atoms with Gasteiger partial charge in [-0.05, 0) is 41.4 Å². The highest BCUT2D eigenvalue weighted by Gasteiger charge is 2.24. The number of halogens is 2. The van der Waals surface area contributed by atoms with E-state index in [9.17, 15) is 4.39 Å². The highest BCUT2D eigenvalue weighted by atomic mass is 79.9. The van der Waals surface area contributed by atoms with Gasteiger partial charge in [0.1, 0.15) is 6.17 Å². The monoisotopic (exact) mass is 260 g/mol. The molecule has 0 bridgehead atoms. The van der Waals surface area contributed by atoms with Crippen molar-refractivity contribution in [2.75, 3.05) is 0 Å². The van der Waals surface area contributed by atoms with E-state index in [-0.39, 0.29) is 0 Å². The smallest absolute Gasteiger partial charge is 0.121 e. The van der Waals surface area contributed by atoms with Crippen molar-refractivity contribution in [1.29, 1.82) is 0 Å². The summed E-state index contributed by atoms with van der Waals surface area (Å²) in [6.07, 6.45) is 2.57. The zero-order valence-electron chi connectivity index (χ0n) is 8.30. The van der Waals surface area contributed by atoms with E-state index in [1.165, 1.54) is 0 Å². The molecule has 0 saturated heterocycles. The van der Waals surface area contributed by atoms with E-state index in [4.69, 9.17) is 5.73 Å². The van der Waals surface area contributed by atoms with Gasteiger partial charge in [0.15, 0.2) is 0 Å². The normalized spacial score (nSPS) is 14.1. The minimum atomic E-state index is -1.06. The van der Waals surface area contributed by atoms with Crippen LogP contribution in [0.5, 0.6) is 0 Å². The topological polar surface area (TPSA) is 38.9 Å². The van der Waals surface area contributed by atoms with Crippen molar-refractivity contribution in [2.24, 2.45) is 5.73 Å². The molecule has 0 aliphatic heterocycles. The quantitative estimate of drug-likeness (QED) is 0.907. The standard InChI is InChI=1S/C10H14BrFN2/c1-10(2,13)9(12)4-7-3-8(11)6-14-5-7/h3,5-6,9H,4,13H2,1-2H3. The highest BCUT2D eigenvalue weighted by molar-refractivity contribution is 9.10. The van der Waals surface area contributed by atoms with Gasteiger partial charge in [-0.3, -0.25) is 4.98 Å². The fourth-order valence-electron chi connectivity index (χ4n) is 1.04. The second kappa shape index (κ2) is 4.36. The molecule has 0 amide bonds. The van der Waals surface area contributed by atoms with Crippen LogP contribution in [0.1, 0.15) is 19.4 Å². The third-order valence-corrected chi connectivity index (χ3v) is 2.42. The Hall–Kier alpha value is -0.480. The molecule has 2 nitrogen and oxygen atoms in total. The highest BCUT2D eigenvalue weighted by Crippen LogP contribution is 2.17. The number of nitrogens with zero attached hydrogens (tertiary/aromatic N) is 1. The third-order valence-electron chi connectivity index (χ3n) is 1.98. The number of nitrogens with two attached hydrogens (primary N) is 1. The van der Waals surface area contributed by atoms with Gasteiger partial charge in [0.2, 0.25) is 0 Å². The van der Waals surface area contributed by atoms with Crippen LogP contribution in [0.25, 0.3) is 0 Å². The third kappa shape index (κ3) is 3.35. The molecule has 1 heterocycles. The molecule has 0 aliphatic carbocycles. The maximum Gasteiger partial charge on any atom is 0.121 e. The van der Waals surface area contributed by atoms with Gasteiger partial charge in [-0.2, -0.15) is 0 Å². The number of hydrogen-bond donors (Lipinski definition) is 1. The zero-order chi connectivity index (χ0) is 10.8. The second-order valence-corrected chi connectivity index (χ2v) is 4.92. The average Bonchev–Trinajstić information content (AvgIpc) is 2.02. The summed E-state index contributed by atoms with van der Waals surface area (Å²) in [6.45, 7) is 3.37. The van der Waals surface area contributed by atoms with E-state index < -0.39 is 11.7 Å². The van der Waals surface area contributed by atoms with E-state index >= 15 is 0 Å². The van der Waals surface area contributed by atoms with Crippen LogP contribution >= 0.6 is 15.9 Å². The maximum atomic E-state index is 13.6. The molecule has 1 rings (SSSR count). The number of alkyl halides is 1. The van der Waals surface area contributed by atoms with Crippen LogP contribution in [0.4, 0.5) is 4.39 Å². The van der Waals surface area contributed by atoms with E-state index in [2.05, 4.69) is 20.9 Å². The average molecular weight is 261 g/mol. The summed E-state index contributed by atoms with van der Waals surface area (Å²) < 4.78 is 14.4. The van der Waals surface area contributed by atoms with Crippen LogP contribution in [0, 0.1) is 0 Å². The molecule has 4 heteroatoms. The van der Waals surface area contributed by atoms with Gasteiger partial charge < -0.3 is 5.73 Å². The van der Waals surface area contributed by atoms with Gasteiger partial charge in [0.25, 0.3) is 0 Å². The van der Waals surface area contributed by atoms with Gasteiger partial charge in [0, 0.05) is 28.8 Å². The van der Waals surface area contributed by atoms with Crippen LogP contribution in [-0.2, 0) is 6.42 Å². The van der Waals surface area contributed by atoms with Crippen LogP contribution in [0.15, 0.2) is 22.9 Å². The Balaban J connectivity index is 2.70. The van der Waals surface area contributed by atoms with Gasteiger partial charge >= 0.3 is 0 Å². The van der Waals surface area contributed by atoms with E-state index in [1.54, 1.807) is 26.2 Å². The molecule has 0 aromatic carbocycles. The van der Waals surface area contributed by atoms with Gasteiger partial charge in [0.05, 0.1) is 0 Å². The minimum absolute atomic E-state index is 0.302. The molecule has 0 aliphatic rings. The number of hydrogen-bond acceptors (Lipinski definition) is 2. The lowest BCUT2D eigenvalue weighted by molar-refractivity contribution is 0.218. The van der Waals surface area contributed by atoms with Crippen LogP contribution in [0.3, 0.4) is 0 Å². The number of rotatable bonds is 3. The molecule has 2 N–H and O–H groups in total. The van der Waals surface area contributed by atoms with E-state index in [0.29, 0.717) is 6.42 Å². The predicted octanol–water partition coefficient (Wildman–Crippen LogP) is 2.46. The lowest BCUT2D eigenvalue weighted by atomic mass is 9.95. The molecule has 1 aromatic rings. The Morgan fingerprint density at radius 2 is 2.21 bits per heavy atom. The van der Waals surface area contributed by atoms with Crippen LogP contribution < -0.4 is 5.73 Å². The lowest BCUT2D eigenvalue weighted by Crippen LogP contribution is -2.43. The number of aromatic nitrogens is 1. The molecular weight excluding hydrogens is 247 g/mol. The van der Waals surface area contributed by atoms with Crippen LogP contribution in [-0.4, -0.2) is 16.7 Å². The molecule has 1 unspecified atom stereocenters. The predicted molar refractivity (Wildman–Crippen MR) is 58.8 cm³/mol. The molecular formula is C10H14BrFN2. The summed E-state index contributed by atoms with van der Waals surface area (Å²) in [5, 5.41) is 0. The molecule has 78 valence electrons. The van der Waals surface area contributed by atoms with Crippen molar-refractivity contribution in [1.82, 2.24) is 4.98 Å². The fourth-order valence-corrected chi connectivity index (χ4v) is 1.45. The summed E-state index contributed by atoms with van der Waals surface area (Å²) in [7, 11) is 0. The van der Waals surface area contributed by atoms with Gasteiger partial charge in [-0.15, -0.1) is 0 Å². The molecule has 0 fully saturated rings. The van der Waals surface area contributed by atoms with Crippen molar-refractivity contribution >= 4 is 15.9 Å². The SMILES string of the molecule is CC(C)(N)C(F)Cc1cncc(Br)c1. The van der Waals surface area contributed by atoms with E-state index in [1.807, 2.05) is 6.07 Å². The Morgan fingerprint density at radius 3 is 2.71 bits per heavy atom. The summed E-state index contributed by atoms with van der Waals surface area (Å²) in [4.78, 5) is 3.96. The van der Waals surface area contributed by atoms with Crippen molar-refractivity contribution in [3.8, 4) is 0 Å². The maximum absolute atomic E-state index is 13.6. The molecule has 14 heavy (non-hydrogen) atoms. The minimum Gasteiger partial charge on any atom is -0.323 e. The summed E-state index contributed by atoms with van der Waals surface area (Å²) in [5.74, 6) is 0. The largest absolute Gasteiger partial charge is 0.323 e. The molecule has 0 saturated carbocycles.